The van der Waals surface area contributed by atoms with E-state index >= 15 is 0 Å². The van der Waals surface area contributed by atoms with Crippen LogP contribution in [0.3, 0.4) is 0 Å². The fourth-order valence-electron chi connectivity index (χ4n) is 1.47. The number of rotatable bonds is 0. The number of aliphatic imine (C=N–C) groups is 1. The van der Waals surface area contributed by atoms with E-state index in [1.54, 1.807) is 13.1 Å². The third-order valence-corrected chi connectivity index (χ3v) is 2.18. The molecular weight excluding hydrogens is 166 g/mol. The van der Waals surface area contributed by atoms with Gasteiger partial charge in [-0.2, -0.15) is 0 Å². The van der Waals surface area contributed by atoms with E-state index in [0.29, 0.717) is 5.57 Å². The molecule has 4 heteroatoms. The Bertz CT molecular complexity index is 352. The third kappa shape index (κ3) is 1.24. The minimum Gasteiger partial charge on any atom is -0.345 e. The zero-order chi connectivity index (χ0) is 9.42. The van der Waals surface area contributed by atoms with Crippen LogP contribution in [0, 0.1) is 0 Å². The second-order valence-corrected chi connectivity index (χ2v) is 3.16. The summed E-state index contributed by atoms with van der Waals surface area (Å²) in [5.41, 5.74) is 1.60. The van der Waals surface area contributed by atoms with Crippen molar-refractivity contribution in [2.24, 2.45) is 4.99 Å². The molecule has 1 unspecified atom stereocenters. The van der Waals surface area contributed by atoms with Crippen molar-refractivity contribution < 1.29 is 4.79 Å². The Kier molecular flexibility index (Phi) is 1.69. The largest absolute Gasteiger partial charge is 0.345 e. The maximum atomic E-state index is 11.4. The average Bonchev–Trinajstić information content (AvgIpc) is 2.40. The molecule has 2 rings (SSSR count). The van der Waals surface area contributed by atoms with Crippen LogP contribution >= 0.6 is 0 Å². The highest BCUT2D eigenvalue weighted by Gasteiger charge is 2.24. The molecule has 0 spiro atoms. The maximum Gasteiger partial charge on any atom is 0.252 e. The molecule has 0 aromatic rings. The smallest absolute Gasteiger partial charge is 0.252 e. The Balaban J connectivity index is 2.45. The quantitative estimate of drug-likeness (QED) is 0.559. The SMILES string of the molecule is CC1=NC2C=CNC(=O)C(C)=C2N1. The summed E-state index contributed by atoms with van der Waals surface area (Å²) >= 11 is 0. The molecule has 4 nitrogen and oxygen atoms in total. The van der Waals surface area contributed by atoms with Gasteiger partial charge in [0.25, 0.3) is 5.91 Å². The van der Waals surface area contributed by atoms with E-state index < -0.39 is 0 Å². The number of fused-ring (bicyclic) bond motifs is 1. The Hall–Kier alpha value is -1.58. The Labute approximate surface area is 76.4 Å². The predicted octanol–water partition coefficient (Wildman–Crippen LogP) is 0.294. The van der Waals surface area contributed by atoms with E-state index in [9.17, 15) is 4.79 Å². The summed E-state index contributed by atoms with van der Waals surface area (Å²) in [7, 11) is 0. The van der Waals surface area contributed by atoms with Gasteiger partial charge in [-0.25, -0.2) is 0 Å². The number of carbonyl (C=O) groups is 1. The number of amides is 1. The average molecular weight is 177 g/mol. The molecule has 0 aliphatic carbocycles. The van der Waals surface area contributed by atoms with Crippen molar-refractivity contribution in [1.29, 1.82) is 0 Å². The molecule has 0 radical (unpaired) electrons. The molecule has 0 bridgehead atoms. The van der Waals surface area contributed by atoms with Crippen molar-refractivity contribution in [2.75, 3.05) is 0 Å². The Morgan fingerprint density at radius 3 is 3.00 bits per heavy atom. The molecule has 2 N–H and O–H groups in total. The summed E-state index contributed by atoms with van der Waals surface area (Å²) in [4.78, 5) is 15.7. The molecule has 13 heavy (non-hydrogen) atoms. The first-order chi connectivity index (χ1) is 6.18. The van der Waals surface area contributed by atoms with Crippen LogP contribution in [-0.4, -0.2) is 17.8 Å². The van der Waals surface area contributed by atoms with Crippen LogP contribution in [0.1, 0.15) is 13.8 Å². The van der Waals surface area contributed by atoms with Crippen molar-refractivity contribution in [3.63, 3.8) is 0 Å². The minimum atomic E-state index is -0.0637. The van der Waals surface area contributed by atoms with Crippen molar-refractivity contribution in [3.05, 3.63) is 23.5 Å². The van der Waals surface area contributed by atoms with E-state index in [2.05, 4.69) is 15.6 Å². The lowest BCUT2D eigenvalue weighted by atomic mass is 10.1. The fourth-order valence-corrected chi connectivity index (χ4v) is 1.47. The van der Waals surface area contributed by atoms with Crippen LogP contribution < -0.4 is 10.6 Å². The fraction of sp³-hybridized carbons (Fsp3) is 0.333. The lowest BCUT2D eigenvalue weighted by Crippen LogP contribution is -2.23. The van der Waals surface area contributed by atoms with Gasteiger partial charge in [-0.05, 0) is 19.9 Å². The van der Waals surface area contributed by atoms with Gasteiger partial charge in [0.2, 0.25) is 0 Å². The summed E-state index contributed by atoms with van der Waals surface area (Å²) in [6.07, 6.45) is 3.51. The van der Waals surface area contributed by atoms with Gasteiger partial charge in [-0.1, -0.05) is 0 Å². The summed E-state index contributed by atoms with van der Waals surface area (Å²) < 4.78 is 0. The molecule has 0 aromatic heterocycles. The van der Waals surface area contributed by atoms with Crippen molar-refractivity contribution in [1.82, 2.24) is 10.6 Å². The molecular formula is C9H11N3O. The van der Waals surface area contributed by atoms with E-state index in [0.717, 1.165) is 11.5 Å². The number of hydrogen-bond acceptors (Lipinski definition) is 3. The van der Waals surface area contributed by atoms with Crippen LogP contribution in [-0.2, 0) is 4.79 Å². The highest BCUT2D eigenvalue weighted by Crippen LogP contribution is 2.18. The van der Waals surface area contributed by atoms with Gasteiger partial charge in [0.05, 0.1) is 11.5 Å². The highest BCUT2D eigenvalue weighted by molar-refractivity contribution is 5.97. The first kappa shape index (κ1) is 8.04. The van der Waals surface area contributed by atoms with E-state index in [1.807, 2.05) is 13.0 Å². The van der Waals surface area contributed by atoms with E-state index in [4.69, 9.17) is 0 Å². The van der Waals surface area contributed by atoms with Crippen molar-refractivity contribution in [3.8, 4) is 0 Å². The molecule has 1 amide bonds. The lowest BCUT2D eigenvalue weighted by Gasteiger charge is -2.06. The Morgan fingerprint density at radius 1 is 1.46 bits per heavy atom. The van der Waals surface area contributed by atoms with Crippen LogP contribution in [0.15, 0.2) is 28.5 Å². The Morgan fingerprint density at radius 2 is 2.23 bits per heavy atom. The summed E-state index contributed by atoms with van der Waals surface area (Å²) in [6.45, 7) is 3.69. The normalized spacial score (nSPS) is 26.2. The molecule has 0 aromatic carbocycles. The van der Waals surface area contributed by atoms with Crippen LogP contribution in [0.25, 0.3) is 0 Å². The van der Waals surface area contributed by atoms with Crippen molar-refractivity contribution >= 4 is 11.7 Å². The zero-order valence-electron chi connectivity index (χ0n) is 7.59. The van der Waals surface area contributed by atoms with E-state index in [1.165, 1.54) is 0 Å². The summed E-state index contributed by atoms with van der Waals surface area (Å²) in [6, 6.07) is -0.0149. The van der Waals surface area contributed by atoms with Gasteiger partial charge in [-0.15, -0.1) is 0 Å². The van der Waals surface area contributed by atoms with Gasteiger partial charge in [0.1, 0.15) is 6.04 Å². The molecule has 0 fully saturated rings. The number of carbonyl (C=O) groups excluding carboxylic acids is 1. The van der Waals surface area contributed by atoms with Crippen LogP contribution in [0.5, 0.6) is 0 Å². The maximum absolute atomic E-state index is 11.4. The first-order valence-corrected chi connectivity index (χ1v) is 4.18. The monoisotopic (exact) mass is 177 g/mol. The molecule has 2 aliphatic rings. The van der Waals surface area contributed by atoms with Gasteiger partial charge < -0.3 is 10.6 Å². The van der Waals surface area contributed by atoms with Gasteiger partial charge in [0, 0.05) is 11.8 Å². The molecule has 1 atom stereocenters. The molecule has 2 aliphatic heterocycles. The minimum absolute atomic E-state index is 0.0149. The second kappa shape index (κ2) is 2.73. The number of hydrogen-bond donors (Lipinski definition) is 2. The summed E-state index contributed by atoms with van der Waals surface area (Å²) in [5, 5.41) is 5.74. The number of nitrogens with zero attached hydrogens (tertiary/aromatic N) is 1. The second-order valence-electron chi connectivity index (χ2n) is 3.16. The first-order valence-electron chi connectivity index (χ1n) is 4.18. The predicted molar refractivity (Wildman–Crippen MR) is 50.0 cm³/mol. The van der Waals surface area contributed by atoms with Crippen LogP contribution in [0.4, 0.5) is 0 Å². The molecule has 0 saturated heterocycles. The lowest BCUT2D eigenvalue weighted by molar-refractivity contribution is -0.116. The van der Waals surface area contributed by atoms with Crippen LogP contribution in [0.2, 0.25) is 0 Å². The van der Waals surface area contributed by atoms with E-state index in [-0.39, 0.29) is 11.9 Å². The number of amidine groups is 1. The van der Waals surface area contributed by atoms with Gasteiger partial charge in [-0.3, -0.25) is 9.79 Å². The van der Waals surface area contributed by atoms with Crippen molar-refractivity contribution in [2.45, 2.75) is 19.9 Å². The van der Waals surface area contributed by atoms with Gasteiger partial charge in [0.15, 0.2) is 0 Å². The molecule has 0 saturated carbocycles. The number of nitrogens with one attached hydrogen (secondary N) is 2. The molecule has 68 valence electrons. The summed E-state index contributed by atoms with van der Waals surface area (Å²) in [5.74, 6) is 0.796. The molecule has 2 heterocycles. The standard InChI is InChI=1S/C9H11N3O/c1-5-8-7(11-6(2)12-8)3-4-10-9(5)13/h3-4,7H,1-2H3,(H,10,13)(H,11,12). The highest BCUT2D eigenvalue weighted by atomic mass is 16.1. The topological polar surface area (TPSA) is 53.5 Å². The third-order valence-electron chi connectivity index (χ3n) is 2.18. The van der Waals surface area contributed by atoms with Gasteiger partial charge >= 0.3 is 0 Å². The zero-order valence-corrected chi connectivity index (χ0v) is 7.59.